The lowest BCUT2D eigenvalue weighted by molar-refractivity contribution is 0.320. The monoisotopic (exact) mass is 254 g/mol. The van der Waals surface area contributed by atoms with E-state index in [1.54, 1.807) is 0 Å². The van der Waals surface area contributed by atoms with Crippen LogP contribution in [-0.4, -0.2) is 31.6 Å². The lowest BCUT2D eigenvalue weighted by Gasteiger charge is -2.16. The fourth-order valence-corrected chi connectivity index (χ4v) is 2.01. The van der Waals surface area contributed by atoms with Gasteiger partial charge in [-0.25, -0.2) is 0 Å². The molecule has 0 saturated carbocycles. The molecular weight excluding hydrogens is 232 g/mol. The van der Waals surface area contributed by atoms with Gasteiger partial charge in [0.15, 0.2) is 0 Å². The lowest BCUT2D eigenvalue weighted by atomic mass is 10.2. The van der Waals surface area contributed by atoms with Crippen LogP contribution in [-0.2, 0) is 6.54 Å². The molecule has 0 heterocycles. The molecule has 1 aromatic rings. The van der Waals surface area contributed by atoms with E-state index in [1.165, 1.54) is 18.4 Å². The van der Waals surface area contributed by atoms with Crippen LogP contribution in [0.25, 0.3) is 0 Å². The molecule has 0 spiro atoms. The van der Waals surface area contributed by atoms with Crippen molar-refractivity contribution in [3.05, 3.63) is 34.9 Å². The summed E-state index contributed by atoms with van der Waals surface area (Å²) in [5, 5.41) is 4.24. The summed E-state index contributed by atoms with van der Waals surface area (Å²) >= 11 is 5.96. The Balaban J connectivity index is 2.18. The maximum atomic E-state index is 5.96. The first-order valence-electron chi connectivity index (χ1n) is 6.36. The van der Waals surface area contributed by atoms with E-state index in [9.17, 15) is 0 Å². The van der Waals surface area contributed by atoms with Crippen molar-refractivity contribution in [3.8, 4) is 0 Å². The number of nitrogens with zero attached hydrogens (tertiary/aromatic N) is 1. The first-order valence-corrected chi connectivity index (χ1v) is 6.74. The second kappa shape index (κ2) is 8.51. The maximum absolute atomic E-state index is 5.96. The van der Waals surface area contributed by atoms with Crippen molar-refractivity contribution in [2.75, 3.05) is 26.7 Å². The second-order valence-electron chi connectivity index (χ2n) is 4.47. The fraction of sp³-hybridized carbons (Fsp3) is 0.571. The van der Waals surface area contributed by atoms with Crippen LogP contribution < -0.4 is 5.32 Å². The van der Waals surface area contributed by atoms with Gasteiger partial charge in [-0.15, -0.1) is 0 Å². The van der Waals surface area contributed by atoms with E-state index in [-0.39, 0.29) is 0 Å². The van der Waals surface area contributed by atoms with Gasteiger partial charge >= 0.3 is 0 Å². The standard InChI is InChI=1S/C14H23ClN2/c1-3-8-16-9-5-10-17(2)12-13-6-4-7-14(15)11-13/h4,6-7,11,16H,3,5,8-10,12H2,1-2H3. The molecule has 0 atom stereocenters. The third kappa shape index (κ3) is 6.67. The zero-order chi connectivity index (χ0) is 12.5. The number of halogens is 1. The summed E-state index contributed by atoms with van der Waals surface area (Å²) in [5.74, 6) is 0. The van der Waals surface area contributed by atoms with E-state index < -0.39 is 0 Å². The van der Waals surface area contributed by atoms with Crippen molar-refractivity contribution in [2.45, 2.75) is 26.3 Å². The Hall–Kier alpha value is -0.570. The van der Waals surface area contributed by atoms with Crippen molar-refractivity contribution in [1.82, 2.24) is 10.2 Å². The second-order valence-corrected chi connectivity index (χ2v) is 4.91. The minimum atomic E-state index is 0.820. The number of benzene rings is 1. The van der Waals surface area contributed by atoms with Gasteiger partial charge in [0.1, 0.15) is 0 Å². The van der Waals surface area contributed by atoms with Crippen LogP contribution in [0.1, 0.15) is 25.3 Å². The molecule has 0 aliphatic carbocycles. The predicted octanol–water partition coefficient (Wildman–Crippen LogP) is 3.16. The summed E-state index contributed by atoms with van der Waals surface area (Å²) in [6.07, 6.45) is 2.40. The highest BCUT2D eigenvalue weighted by atomic mass is 35.5. The van der Waals surface area contributed by atoms with Crippen molar-refractivity contribution < 1.29 is 0 Å². The smallest absolute Gasteiger partial charge is 0.0409 e. The van der Waals surface area contributed by atoms with Crippen molar-refractivity contribution >= 4 is 11.6 Å². The van der Waals surface area contributed by atoms with Gasteiger partial charge in [0.2, 0.25) is 0 Å². The van der Waals surface area contributed by atoms with Crippen molar-refractivity contribution in [2.24, 2.45) is 0 Å². The zero-order valence-electron chi connectivity index (χ0n) is 10.9. The van der Waals surface area contributed by atoms with Gasteiger partial charge in [-0.1, -0.05) is 30.7 Å². The van der Waals surface area contributed by atoms with Gasteiger partial charge in [0.05, 0.1) is 0 Å². The van der Waals surface area contributed by atoms with E-state index in [2.05, 4.69) is 30.3 Å². The molecule has 0 radical (unpaired) electrons. The van der Waals surface area contributed by atoms with Gasteiger partial charge in [-0.2, -0.15) is 0 Å². The molecular formula is C14H23ClN2. The predicted molar refractivity (Wildman–Crippen MR) is 75.6 cm³/mol. The zero-order valence-corrected chi connectivity index (χ0v) is 11.6. The Kier molecular flexibility index (Phi) is 7.25. The van der Waals surface area contributed by atoms with Crippen LogP contribution in [0.5, 0.6) is 0 Å². The van der Waals surface area contributed by atoms with E-state index in [0.717, 1.165) is 31.2 Å². The summed E-state index contributed by atoms with van der Waals surface area (Å²) in [6.45, 7) is 6.50. The van der Waals surface area contributed by atoms with Crippen LogP contribution in [0, 0.1) is 0 Å². The van der Waals surface area contributed by atoms with E-state index in [4.69, 9.17) is 11.6 Å². The minimum Gasteiger partial charge on any atom is -0.317 e. The molecule has 0 amide bonds. The highest BCUT2D eigenvalue weighted by Crippen LogP contribution is 2.12. The number of nitrogens with one attached hydrogen (secondary N) is 1. The SMILES string of the molecule is CCCNCCCN(C)Cc1cccc(Cl)c1. The summed E-state index contributed by atoms with van der Waals surface area (Å²) in [5.41, 5.74) is 1.28. The van der Waals surface area contributed by atoms with Crippen LogP contribution in [0.3, 0.4) is 0 Å². The van der Waals surface area contributed by atoms with Gasteiger partial charge in [-0.3, -0.25) is 0 Å². The van der Waals surface area contributed by atoms with Crippen LogP contribution >= 0.6 is 11.6 Å². The molecule has 3 heteroatoms. The molecule has 0 unspecified atom stereocenters. The highest BCUT2D eigenvalue weighted by molar-refractivity contribution is 6.30. The average molecular weight is 255 g/mol. The third-order valence-electron chi connectivity index (χ3n) is 2.66. The molecule has 0 aromatic heterocycles. The van der Waals surface area contributed by atoms with Gasteiger partial charge in [0.25, 0.3) is 0 Å². The van der Waals surface area contributed by atoms with E-state index >= 15 is 0 Å². The molecule has 0 saturated heterocycles. The first kappa shape index (κ1) is 14.5. The van der Waals surface area contributed by atoms with E-state index in [0.29, 0.717) is 0 Å². The number of hydrogen-bond acceptors (Lipinski definition) is 2. The van der Waals surface area contributed by atoms with Crippen molar-refractivity contribution in [3.63, 3.8) is 0 Å². The first-order chi connectivity index (χ1) is 8.22. The fourth-order valence-electron chi connectivity index (χ4n) is 1.80. The molecule has 17 heavy (non-hydrogen) atoms. The summed E-state index contributed by atoms with van der Waals surface area (Å²) in [7, 11) is 2.15. The quantitative estimate of drug-likeness (QED) is 0.717. The Morgan fingerprint density at radius 2 is 2.12 bits per heavy atom. The van der Waals surface area contributed by atoms with Gasteiger partial charge in [0, 0.05) is 11.6 Å². The third-order valence-corrected chi connectivity index (χ3v) is 2.90. The minimum absolute atomic E-state index is 0.820. The normalized spacial score (nSPS) is 11.1. The van der Waals surface area contributed by atoms with Crippen LogP contribution in [0.4, 0.5) is 0 Å². The molecule has 2 nitrogen and oxygen atoms in total. The molecule has 1 N–H and O–H groups in total. The highest BCUT2D eigenvalue weighted by Gasteiger charge is 2.00. The molecule has 1 rings (SSSR count). The molecule has 0 bridgehead atoms. The Morgan fingerprint density at radius 1 is 1.29 bits per heavy atom. The van der Waals surface area contributed by atoms with Crippen LogP contribution in [0.15, 0.2) is 24.3 Å². The Bertz CT molecular complexity index is 315. The molecule has 96 valence electrons. The van der Waals surface area contributed by atoms with Crippen molar-refractivity contribution in [1.29, 1.82) is 0 Å². The Labute approximate surface area is 110 Å². The molecule has 0 aliphatic heterocycles. The van der Waals surface area contributed by atoms with Gasteiger partial charge < -0.3 is 10.2 Å². The molecule has 0 fully saturated rings. The summed E-state index contributed by atoms with van der Waals surface area (Å²) in [4.78, 5) is 2.33. The molecule has 0 aliphatic rings. The summed E-state index contributed by atoms with van der Waals surface area (Å²) < 4.78 is 0. The molecule has 1 aromatic carbocycles. The topological polar surface area (TPSA) is 15.3 Å². The average Bonchev–Trinajstić information content (AvgIpc) is 2.29. The van der Waals surface area contributed by atoms with Gasteiger partial charge in [-0.05, 0) is 57.2 Å². The largest absolute Gasteiger partial charge is 0.317 e. The summed E-state index contributed by atoms with van der Waals surface area (Å²) in [6, 6.07) is 8.08. The van der Waals surface area contributed by atoms with Crippen LogP contribution in [0.2, 0.25) is 5.02 Å². The maximum Gasteiger partial charge on any atom is 0.0409 e. The lowest BCUT2D eigenvalue weighted by Crippen LogP contribution is -2.24. The number of rotatable bonds is 8. The van der Waals surface area contributed by atoms with E-state index in [1.807, 2.05) is 18.2 Å². The Morgan fingerprint density at radius 3 is 2.82 bits per heavy atom. The number of hydrogen-bond donors (Lipinski definition) is 1.